The first-order valence-corrected chi connectivity index (χ1v) is 13.0. The molecule has 2 atom stereocenters. The lowest BCUT2D eigenvalue weighted by Gasteiger charge is -2.40. The van der Waals surface area contributed by atoms with Crippen molar-refractivity contribution < 1.29 is 33.2 Å². The quantitative estimate of drug-likeness (QED) is 0.538. The molecule has 1 fully saturated rings. The van der Waals surface area contributed by atoms with Gasteiger partial charge in [0.1, 0.15) is 11.7 Å². The second-order valence-electron chi connectivity index (χ2n) is 10.1. The minimum absolute atomic E-state index is 0.167. The molecule has 4 heterocycles. The van der Waals surface area contributed by atoms with Crippen molar-refractivity contribution in [2.75, 3.05) is 54.8 Å². The van der Waals surface area contributed by atoms with Gasteiger partial charge in [-0.05, 0) is 51.0 Å². The van der Waals surface area contributed by atoms with Gasteiger partial charge in [0.25, 0.3) is 0 Å². The number of rotatable bonds is 6. The second kappa shape index (κ2) is 9.61. The Bertz CT molecular complexity index is 1220. The summed E-state index contributed by atoms with van der Waals surface area (Å²) in [5, 5.41) is 0. The Morgan fingerprint density at radius 1 is 0.946 bits per heavy atom. The number of carbonyl (C=O) groups is 1. The van der Waals surface area contributed by atoms with Crippen LogP contribution in [0.25, 0.3) is 0 Å². The molecular weight excluding hydrogens is 476 g/mol. The van der Waals surface area contributed by atoms with Crippen LogP contribution < -0.4 is 23.7 Å². The molecule has 37 heavy (non-hydrogen) atoms. The standard InChI is InChI=1S/C28H34N2O7/c1-29-13-10-16-18(14-30-11-6-5-7-12-30)24-27(36-15-35-24)26(34-4)20(16)22(29)23-17-8-9-19(32-2)25(33-3)21(17)28(31)37-23/h8-9,22-23H,5-7,10-15H2,1-4H3/t22-,23?/m1/s1. The first-order chi connectivity index (χ1) is 18.1. The Kier molecular flexibility index (Phi) is 6.28. The van der Waals surface area contributed by atoms with Gasteiger partial charge < -0.3 is 28.4 Å². The number of ether oxygens (including phenoxy) is 6. The van der Waals surface area contributed by atoms with Gasteiger partial charge in [0, 0.05) is 29.8 Å². The van der Waals surface area contributed by atoms with E-state index >= 15 is 0 Å². The van der Waals surface area contributed by atoms with Gasteiger partial charge in [-0.1, -0.05) is 12.5 Å². The Labute approximate surface area is 217 Å². The molecule has 9 nitrogen and oxygen atoms in total. The Hall–Kier alpha value is -3.17. The Morgan fingerprint density at radius 3 is 2.43 bits per heavy atom. The lowest BCUT2D eigenvalue weighted by Crippen LogP contribution is -2.37. The summed E-state index contributed by atoms with van der Waals surface area (Å²) in [7, 11) is 6.83. The molecule has 0 spiro atoms. The van der Waals surface area contributed by atoms with Gasteiger partial charge in [-0.3, -0.25) is 9.80 Å². The number of benzene rings is 2. The van der Waals surface area contributed by atoms with Crippen molar-refractivity contribution in [3.05, 3.63) is 39.9 Å². The van der Waals surface area contributed by atoms with E-state index in [1.165, 1.54) is 37.5 Å². The molecule has 1 saturated heterocycles. The van der Waals surface area contributed by atoms with Crippen molar-refractivity contribution in [3.8, 4) is 28.7 Å². The molecule has 4 aliphatic heterocycles. The van der Waals surface area contributed by atoms with E-state index in [1.54, 1.807) is 14.2 Å². The first-order valence-electron chi connectivity index (χ1n) is 13.0. The predicted molar refractivity (Wildman–Crippen MR) is 135 cm³/mol. The van der Waals surface area contributed by atoms with Crippen molar-refractivity contribution >= 4 is 5.97 Å². The van der Waals surface area contributed by atoms with Gasteiger partial charge in [-0.25, -0.2) is 4.79 Å². The molecule has 198 valence electrons. The van der Waals surface area contributed by atoms with Crippen LogP contribution in [0, 0.1) is 0 Å². The van der Waals surface area contributed by atoms with E-state index in [4.69, 9.17) is 28.4 Å². The van der Waals surface area contributed by atoms with Crippen LogP contribution in [0.2, 0.25) is 0 Å². The topological polar surface area (TPSA) is 78.9 Å². The summed E-state index contributed by atoms with van der Waals surface area (Å²) in [6, 6.07) is 3.47. The van der Waals surface area contributed by atoms with Crippen molar-refractivity contribution in [2.45, 2.75) is 44.4 Å². The molecule has 2 aromatic carbocycles. The molecule has 9 heteroatoms. The average Bonchev–Trinajstić information content (AvgIpc) is 3.53. The molecule has 0 bridgehead atoms. The van der Waals surface area contributed by atoms with Crippen LogP contribution in [0.3, 0.4) is 0 Å². The van der Waals surface area contributed by atoms with Crippen molar-refractivity contribution in [3.63, 3.8) is 0 Å². The summed E-state index contributed by atoms with van der Waals surface area (Å²) in [6.07, 6.45) is 4.01. The van der Waals surface area contributed by atoms with Crippen LogP contribution in [0.1, 0.15) is 64.0 Å². The summed E-state index contributed by atoms with van der Waals surface area (Å²) in [5.74, 6) is 2.58. The maximum atomic E-state index is 13.2. The lowest BCUT2D eigenvalue weighted by molar-refractivity contribution is 0.00864. The third kappa shape index (κ3) is 3.78. The monoisotopic (exact) mass is 510 g/mol. The molecule has 2 aromatic rings. The van der Waals surface area contributed by atoms with Gasteiger partial charge in [-0.2, -0.15) is 0 Å². The number of nitrogens with zero attached hydrogens (tertiary/aromatic N) is 2. The zero-order valence-corrected chi connectivity index (χ0v) is 21.9. The number of fused-ring (bicyclic) bond motifs is 3. The van der Waals surface area contributed by atoms with Gasteiger partial charge in [0.2, 0.25) is 12.5 Å². The number of carbonyl (C=O) groups excluding carboxylic acids is 1. The van der Waals surface area contributed by atoms with Gasteiger partial charge >= 0.3 is 5.97 Å². The highest BCUT2D eigenvalue weighted by atomic mass is 16.7. The zero-order valence-electron chi connectivity index (χ0n) is 21.9. The summed E-state index contributed by atoms with van der Waals surface area (Å²) in [4.78, 5) is 17.9. The predicted octanol–water partition coefficient (Wildman–Crippen LogP) is 3.87. The van der Waals surface area contributed by atoms with Crippen molar-refractivity contribution in [1.29, 1.82) is 0 Å². The fraction of sp³-hybridized carbons (Fsp3) is 0.536. The molecule has 0 aliphatic carbocycles. The molecule has 4 aliphatic rings. The minimum atomic E-state index is -0.538. The SMILES string of the molecule is COc1ccc2c(c1OC)C(=O)OC2[C@H]1c2c(c(CN3CCCCC3)c3c(c2OC)OCO3)CCN1C. The number of esters is 1. The highest BCUT2D eigenvalue weighted by molar-refractivity contribution is 5.98. The van der Waals surface area contributed by atoms with Gasteiger partial charge in [0.05, 0.1) is 27.4 Å². The van der Waals surface area contributed by atoms with Crippen LogP contribution in [0.4, 0.5) is 0 Å². The van der Waals surface area contributed by atoms with E-state index in [0.29, 0.717) is 28.6 Å². The van der Waals surface area contributed by atoms with E-state index in [-0.39, 0.29) is 12.8 Å². The van der Waals surface area contributed by atoms with Crippen LogP contribution in [-0.4, -0.2) is 70.6 Å². The summed E-state index contributed by atoms with van der Waals surface area (Å²) >= 11 is 0. The van der Waals surface area contributed by atoms with Crippen LogP contribution in [0.5, 0.6) is 28.7 Å². The molecule has 0 radical (unpaired) electrons. The number of likely N-dealkylation sites (tertiary alicyclic amines) is 1. The molecule has 0 amide bonds. The van der Waals surface area contributed by atoms with E-state index in [1.807, 2.05) is 12.1 Å². The first kappa shape index (κ1) is 24.2. The Balaban J connectivity index is 1.51. The minimum Gasteiger partial charge on any atom is -0.493 e. The summed E-state index contributed by atoms with van der Waals surface area (Å²) in [5.41, 5.74) is 4.58. The molecule has 6 rings (SSSR count). The fourth-order valence-corrected chi connectivity index (χ4v) is 6.43. The van der Waals surface area contributed by atoms with E-state index in [2.05, 4.69) is 16.8 Å². The third-order valence-electron chi connectivity index (χ3n) is 8.16. The Morgan fingerprint density at radius 2 is 1.70 bits per heavy atom. The van der Waals surface area contributed by atoms with E-state index < -0.39 is 12.1 Å². The highest BCUT2D eigenvalue weighted by Crippen LogP contribution is 2.57. The maximum absolute atomic E-state index is 13.2. The van der Waals surface area contributed by atoms with Crippen molar-refractivity contribution in [2.24, 2.45) is 0 Å². The van der Waals surface area contributed by atoms with Crippen LogP contribution >= 0.6 is 0 Å². The number of hydrogen-bond donors (Lipinski definition) is 0. The van der Waals surface area contributed by atoms with Gasteiger partial charge in [0.15, 0.2) is 23.0 Å². The molecular formula is C28H34N2O7. The molecule has 0 N–H and O–H groups in total. The van der Waals surface area contributed by atoms with Crippen molar-refractivity contribution in [1.82, 2.24) is 9.80 Å². The lowest BCUT2D eigenvalue weighted by atomic mass is 9.82. The third-order valence-corrected chi connectivity index (χ3v) is 8.16. The number of likely N-dealkylation sites (N-methyl/N-ethyl adjacent to an activating group) is 1. The number of piperidine rings is 1. The number of hydrogen-bond acceptors (Lipinski definition) is 9. The highest BCUT2D eigenvalue weighted by Gasteiger charge is 2.47. The smallest absolute Gasteiger partial charge is 0.343 e. The van der Waals surface area contributed by atoms with E-state index in [0.717, 1.165) is 49.5 Å². The molecule has 0 aromatic heterocycles. The van der Waals surface area contributed by atoms with Crippen LogP contribution in [-0.2, 0) is 17.7 Å². The zero-order chi connectivity index (χ0) is 25.7. The fourth-order valence-electron chi connectivity index (χ4n) is 6.43. The van der Waals surface area contributed by atoms with Crippen LogP contribution in [0.15, 0.2) is 12.1 Å². The van der Waals surface area contributed by atoms with Gasteiger partial charge in [-0.15, -0.1) is 0 Å². The second-order valence-corrected chi connectivity index (χ2v) is 10.1. The van der Waals surface area contributed by atoms with E-state index in [9.17, 15) is 4.79 Å². The molecule has 1 unspecified atom stereocenters. The number of methoxy groups -OCH3 is 3. The molecule has 0 saturated carbocycles. The normalized spacial score (nSPS) is 22.9. The maximum Gasteiger partial charge on any atom is 0.343 e. The largest absolute Gasteiger partial charge is 0.493 e. The number of cyclic esters (lactones) is 1. The average molecular weight is 511 g/mol. The summed E-state index contributed by atoms with van der Waals surface area (Å²) < 4.78 is 35.2. The summed E-state index contributed by atoms with van der Waals surface area (Å²) in [6.45, 7) is 3.94.